The fourth-order valence-electron chi connectivity index (χ4n) is 3.68. The maximum Gasteiger partial charge on any atom is 0.325 e. The molecule has 140 valence electrons. The van der Waals surface area contributed by atoms with Gasteiger partial charge >= 0.3 is 6.03 Å². The van der Waals surface area contributed by atoms with Crippen molar-refractivity contribution >= 4 is 33.8 Å². The Morgan fingerprint density at radius 2 is 1.96 bits per heavy atom. The third-order valence-corrected chi connectivity index (χ3v) is 5.69. The Morgan fingerprint density at radius 3 is 2.62 bits per heavy atom. The number of halogens is 1. The largest absolute Gasteiger partial charge is 0.352 e. The van der Waals surface area contributed by atoms with Crippen LogP contribution in [0.15, 0.2) is 28.7 Å². The highest BCUT2D eigenvalue weighted by molar-refractivity contribution is 9.10. The Kier molecular flexibility index (Phi) is 5.65. The number of urea groups is 1. The Morgan fingerprint density at radius 1 is 1.27 bits per heavy atom. The summed E-state index contributed by atoms with van der Waals surface area (Å²) in [6.45, 7) is 1.42. The molecule has 1 aromatic carbocycles. The lowest BCUT2D eigenvalue weighted by Gasteiger charge is -2.23. The van der Waals surface area contributed by atoms with Crippen molar-refractivity contribution in [3.8, 4) is 0 Å². The molecule has 0 spiro atoms. The maximum atomic E-state index is 12.9. The zero-order chi connectivity index (χ0) is 18.7. The first kappa shape index (κ1) is 18.9. The van der Waals surface area contributed by atoms with Crippen molar-refractivity contribution in [2.75, 3.05) is 6.54 Å². The van der Waals surface area contributed by atoms with Crippen LogP contribution in [0, 0.1) is 0 Å². The second kappa shape index (κ2) is 7.78. The first-order chi connectivity index (χ1) is 12.4. The first-order valence-electron chi connectivity index (χ1n) is 9.09. The van der Waals surface area contributed by atoms with Gasteiger partial charge in [-0.2, -0.15) is 0 Å². The molecule has 2 N–H and O–H groups in total. The monoisotopic (exact) mass is 421 g/mol. The normalized spacial score (nSPS) is 24.3. The summed E-state index contributed by atoms with van der Waals surface area (Å²) in [5, 5.41) is 5.71. The van der Waals surface area contributed by atoms with E-state index in [4.69, 9.17) is 0 Å². The quantitative estimate of drug-likeness (QED) is 0.579. The predicted octanol–water partition coefficient (Wildman–Crippen LogP) is 3.06. The highest BCUT2D eigenvalue weighted by Crippen LogP contribution is 2.30. The van der Waals surface area contributed by atoms with Gasteiger partial charge in [0, 0.05) is 10.5 Å². The van der Waals surface area contributed by atoms with Crippen LogP contribution in [0.5, 0.6) is 0 Å². The summed E-state index contributed by atoms with van der Waals surface area (Å²) in [7, 11) is 0. The molecule has 1 heterocycles. The Bertz CT molecular complexity index is 716. The van der Waals surface area contributed by atoms with E-state index >= 15 is 0 Å². The average Bonchev–Trinajstić information content (AvgIpc) is 2.79. The van der Waals surface area contributed by atoms with Crippen molar-refractivity contribution in [3.05, 3.63) is 34.3 Å². The summed E-state index contributed by atoms with van der Waals surface area (Å²) in [6, 6.07) is 6.86. The van der Waals surface area contributed by atoms with Crippen LogP contribution < -0.4 is 10.6 Å². The molecule has 1 saturated carbocycles. The minimum absolute atomic E-state index is 0.141. The molecule has 1 saturated heterocycles. The van der Waals surface area contributed by atoms with Gasteiger partial charge in [-0.05, 0) is 37.5 Å². The number of imide groups is 1. The van der Waals surface area contributed by atoms with E-state index in [0.717, 1.165) is 35.1 Å². The van der Waals surface area contributed by atoms with Crippen LogP contribution in [0.4, 0.5) is 4.79 Å². The van der Waals surface area contributed by atoms with Crippen LogP contribution in [0.2, 0.25) is 0 Å². The SMILES string of the molecule is C[C@]1(c2cccc(Br)c2)NC(=O)N(CC(=O)NC2CCCCCC2)C1=O. The summed E-state index contributed by atoms with van der Waals surface area (Å²) < 4.78 is 0.822. The van der Waals surface area contributed by atoms with Gasteiger partial charge < -0.3 is 10.6 Å². The molecular weight excluding hydrogens is 398 g/mol. The molecule has 0 bridgehead atoms. The first-order valence-corrected chi connectivity index (χ1v) is 9.89. The van der Waals surface area contributed by atoms with E-state index in [1.165, 1.54) is 12.8 Å². The minimum atomic E-state index is -1.16. The van der Waals surface area contributed by atoms with E-state index in [-0.39, 0.29) is 18.5 Å². The molecule has 1 aromatic rings. The number of benzene rings is 1. The lowest BCUT2D eigenvalue weighted by atomic mass is 9.92. The summed E-state index contributed by atoms with van der Waals surface area (Å²) >= 11 is 3.38. The number of amides is 4. The fraction of sp³-hybridized carbons (Fsp3) is 0.526. The van der Waals surface area contributed by atoms with Gasteiger partial charge in [0.25, 0.3) is 5.91 Å². The number of nitrogens with one attached hydrogen (secondary N) is 2. The van der Waals surface area contributed by atoms with Crippen LogP contribution in [-0.4, -0.2) is 35.3 Å². The number of nitrogens with zero attached hydrogens (tertiary/aromatic N) is 1. The van der Waals surface area contributed by atoms with Gasteiger partial charge in [-0.25, -0.2) is 4.79 Å². The average molecular weight is 422 g/mol. The molecule has 0 radical (unpaired) electrons. The van der Waals surface area contributed by atoms with Crippen molar-refractivity contribution in [2.24, 2.45) is 0 Å². The molecule has 0 aromatic heterocycles. The van der Waals surface area contributed by atoms with Gasteiger partial charge in [0.1, 0.15) is 12.1 Å². The second-order valence-electron chi connectivity index (χ2n) is 7.21. The van der Waals surface area contributed by atoms with Crippen LogP contribution in [0.3, 0.4) is 0 Å². The molecule has 1 aliphatic heterocycles. The number of carbonyl (C=O) groups excluding carboxylic acids is 3. The molecule has 3 rings (SSSR count). The summed E-state index contributed by atoms with van der Waals surface area (Å²) in [5.41, 5.74) is -0.486. The van der Waals surface area contributed by atoms with E-state index < -0.39 is 17.5 Å². The summed E-state index contributed by atoms with van der Waals surface area (Å²) in [4.78, 5) is 38.6. The molecule has 2 fully saturated rings. The van der Waals surface area contributed by atoms with Crippen LogP contribution in [0.25, 0.3) is 0 Å². The van der Waals surface area contributed by atoms with E-state index in [1.807, 2.05) is 12.1 Å². The molecule has 4 amide bonds. The zero-order valence-electron chi connectivity index (χ0n) is 14.9. The molecule has 1 atom stereocenters. The van der Waals surface area contributed by atoms with Crippen molar-refractivity contribution in [2.45, 2.75) is 57.0 Å². The third-order valence-electron chi connectivity index (χ3n) is 5.20. The van der Waals surface area contributed by atoms with Crippen molar-refractivity contribution < 1.29 is 14.4 Å². The van der Waals surface area contributed by atoms with E-state index in [1.54, 1.807) is 19.1 Å². The van der Waals surface area contributed by atoms with Gasteiger partial charge in [0.2, 0.25) is 5.91 Å². The van der Waals surface area contributed by atoms with Gasteiger partial charge in [0.15, 0.2) is 0 Å². The Balaban J connectivity index is 1.68. The molecule has 1 aliphatic carbocycles. The van der Waals surface area contributed by atoms with E-state index in [0.29, 0.717) is 5.56 Å². The lowest BCUT2D eigenvalue weighted by Crippen LogP contribution is -2.45. The molecule has 0 unspecified atom stereocenters. The maximum absolute atomic E-state index is 12.9. The second-order valence-corrected chi connectivity index (χ2v) is 8.13. The molecule has 2 aliphatic rings. The fourth-order valence-corrected chi connectivity index (χ4v) is 4.08. The Hall–Kier alpha value is -1.89. The van der Waals surface area contributed by atoms with Crippen molar-refractivity contribution in [1.82, 2.24) is 15.5 Å². The standard InChI is InChI=1S/C19H24BrN3O3/c1-19(13-7-6-8-14(20)11-13)17(25)23(18(26)22-19)12-16(24)21-15-9-4-2-3-5-10-15/h6-8,11,15H,2-5,9-10,12H2,1H3,(H,21,24)(H,22,26)/t19-/m1/s1. The topological polar surface area (TPSA) is 78.5 Å². The van der Waals surface area contributed by atoms with Crippen LogP contribution in [-0.2, 0) is 15.1 Å². The third kappa shape index (κ3) is 3.92. The van der Waals surface area contributed by atoms with Crippen molar-refractivity contribution in [3.63, 3.8) is 0 Å². The number of carbonyl (C=O) groups is 3. The highest BCUT2D eigenvalue weighted by Gasteiger charge is 2.49. The molecule has 7 heteroatoms. The molecule has 6 nitrogen and oxygen atoms in total. The highest BCUT2D eigenvalue weighted by atomic mass is 79.9. The Labute approximate surface area is 161 Å². The summed E-state index contributed by atoms with van der Waals surface area (Å²) in [6.07, 6.45) is 6.53. The van der Waals surface area contributed by atoms with Gasteiger partial charge in [-0.15, -0.1) is 0 Å². The van der Waals surface area contributed by atoms with Gasteiger partial charge in [-0.1, -0.05) is 53.7 Å². The predicted molar refractivity (Wildman–Crippen MR) is 101 cm³/mol. The van der Waals surface area contributed by atoms with Gasteiger partial charge in [-0.3, -0.25) is 14.5 Å². The van der Waals surface area contributed by atoms with Crippen LogP contribution in [0.1, 0.15) is 51.0 Å². The smallest absolute Gasteiger partial charge is 0.325 e. The van der Waals surface area contributed by atoms with E-state index in [9.17, 15) is 14.4 Å². The number of hydrogen-bond donors (Lipinski definition) is 2. The van der Waals surface area contributed by atoms with E-state index in [2.05, 4.69) is 26.6 Å². The molecule has 26 heavy (non-hydrogen) atoms. The van der Waals surface area contributed by atoms with Crippen LogP contribution >= 0.6 is 15.9 Å². The minimum Gasteiger partial charge on any atom is -0.352 e. The molecular formula is C19H24BrN3O3. The summed E-state index contributed by atoms with van der Waals surface area (Å²) in [5.74, 6) is -0.685. The lowest BCUT2D eigenvalue weighted by molar-refractivity contribution is -0.135. The number of rotatable bonds is 4. The zero-order valence-corrected chi connectivity index (χ0v) is 16.5. The number of hydrogen-bond acceptors (Lipinski definition) is 3. The van der Waals surface area contributed by atoms with Crippen molar-refractivity contribution in [1.29, 1.82) is 0 Å². The van der Waals surface area contributed by atoms with Gasteiger partial charge in [0.05, 0.1) is 0 Å².